The first-order chi connectivity index (χ1) is 11.5. The number of rotatable bonds is 7. The highest BCUT2D eigenvalue weighted by Crippen LogP contribution is 2.23. The van der Waals surface area contributed by atoms with Crippen LogP contribution in [0.4, 0.5) is 0 Å². The van der Waals surface area contributed by atoms with E-state index in [9.17, 15) is 9.00 Å². The molecule has 2 rings (SSSR count). The van der Waals surface area contributed by atoms with Gasteiger partial charge in [0, 0.05) is 17.1 Å². The third-order valence-corrected chi connectivity index (χ3v) is 6.06. The Morgan fingerprint density at radius 1 is 1.08 bits per heavy atom. The Morgan fingerprint density at radius 2 is 1.67 bits per heavy atom. The fraction of sp³-hybridized carbons (Fsp3) is 0.316. The van der Waals surface area contributed by atoms with E-state index < -0.39 is 21.5 Å². The molecule has 128 valence electrons. The molecule has 0 saturated carbocycles. The van der Waals surface area contributed by atoms with Crippen molar-refractivity contribution in [2.24, 2.45) is 0 Å². The molecule has 2 N–H and O–H groups in total. The summed E-state index contributed by atoms with van der Waals surface area (Å²) in [5.74, 6) is -0.595. The Kier molecular flexibility index (Phi) is 6.29. The molecular weight excluding hydrogens is 322 g/mol. The number of aryl methyl sites for hydroxylation is 1. The lowest BCUT2D eigenvalue weighted by molar-refractivity contribution is -0.131. The summed E-state index contributed by atoms with van der Waals surface area (Å²) >= 11 is 0. The van der Waals surface area contributed by atoms with Gasteiger partial charge in [-0.2, -0.15) is 0 Å². The number of hydrogen-bond donors (Lipinski definition) is 2. The highest BCUT2D eigenvalue weighted by molar-refractivity contribution is 7.86. The van der Waals surface area contributed by atoms with Gasteiger partial charge in [-0.25, -0.2) is 5.48 Å². The number of nitrogens with one attached hydrogen (secondary N) is 1. The van der Waals surface area contributed by atoms with Crippen molar-refractivity contribution in [3.63, 3.8) is 0 Å². The fourth-order valence-corrected chi connectivity index (χ4v) is 3.37. The number of amides is 1. The predicted molar refractivity (Wildman–Crippen MR) is 97.2 cm³/mol. The molecule has 5 heteroatoms. The summed E-state index contributed by atoms with van der Waals surface area (Å²) in [6.45, 7) is 1.62. The van der Waals surface area contributed by atoms with Gasteiger partial charge in [0.25, 0.3) is 5.91 Å². The van der Waals surface area contributed by atoms with Crippen LogP contribution in [0.15, 0.2) is 54.6 Å². The van der Waals surface area contributed by atoms with Gasteiger partial charge in [-0.3, -0.25) is 14.2 Å². The average Bonchev–Trinajstić information content (AvgIpc) is 2.62. The smallest absolute Gasteiger partial charge is 0.261 e. The van der Waals surface area contributed by atoms with Crippen molar-refractivity contribution >= 4 is 16.7 Å². The third kappa shape index (κ3) is 4.30. The minimum absolute atomic E-state index is 0.447. The molecule has 4 nitrogen and oxygen atoms in total. The van der Waals surface area contributed by atoms with E-state index in [-0.39, 0.29) is 0 Å². The average molecular weight is 345 g/mol. The lowest BCUT2D eigenvalue weighted by Crippen LogP contribution is -2.46. The molecule has 0 fully saturated rings. The molecule has 0 aliphatic heterocycles. The molecule has 0 aromatic heterocycles. The van der Waals surface area contributed by atoms with Gasteiger partial charge in [-0.05, 0) is 42.9 Å². The summed E-state index contributed by atoms with van der Waals surface area (Å²) in [6, 6.07) is 18.5. The Hall–Kier alpha value is -1.98. The van der Waals surface area contributed by atoms with Crippen molar-refractivity contribution in [1.29, 1.82) is 0 Å². The zero-order valence-electron chi connectivity index (χ0n) is 14.0. The topological polar surface area (TPSA) is 66.4 Å². The number of hydroxylamine groups is 1. The number of hydrogen-bond acceptors (Lipinski definition) is 3. The maximum atomic E-state index is 11.8. The molecule has 0 bridgehead atoms. The molecule has 0 spiro atoms. The summed E-state index contributed by atoms with van der Waals surface area (Å²) in [4.78, 5) is 11.8. The third-order valence-electron chi connectivity index (χ3n) is 4.40. The maximum absolute atomic E-state index is 11.8. The van der Waals surface area contributed by atoms with Crippen LogP contribution in [0.3, 0.4) is 0 Å². The molecular formula is C19H23NO3S. The van der Waals surface area contributed by atoms with Crippen LogP contribution in [0.2, 0.25) is 0 Å². The zero-order chi connectivity index (χ0) is 17.6. The predicted octanol–water partition coefficient (Wildman–Crippen LogP) is 3.32. The molecule has 0 aliphatic rings. The summed E-state index contributed by atoms with van der Waals surface area (Å²) in [6.07, 6.45) is 3.45. The van der Waals surface area contributed by atoms with Crippen LogP contribution >= 0.6 is 0 Å². The van der Waals surface area contributed by atoms with Gasteiger partial charge in [0.05, 0.1) is 0 Å². The van der Waals surface area contributed by atoms with Crippen LogP contribution in [-0.4, -0.2) is 26.3 Å². The van der Waals surface area contributed by atoms with E-state index in [1.54, 1.807) is 12.4 Å². The standard InChI is InChI=1S/C19H23NO3S/c1-19(24(2)23,18(21)20-22)14-6-7-15-10-12-17(13-11-15)16-8-4-3-5-9-16/h3-5,8-13,22H,6-7,14H2,1-2H3,(H,20,21). The highest BCUT2D eigenvalue weighted by atomic mass is 32.2. The second-order valence-electron chi connectivity index (χ2n) is 6.04. The van der Waals surface area contributed by atoms with Crippen LogP contribution in [0.5, 0.6) is 0 Å². The fourth-order valence-electron chi connectivity index (χ4n) is 2.63. The van der Waals surface area contributed by atoms with Crippen LogP contribution in [0, 0.1) is 0 Å². The molecule has 0 radical (unpaired) electrons. The molecule has 1 amide bonds. The van der Waals surface area contributed by atoms with Crippen molar-refractivity contribution in [2.45, 2.75) is 30.9 Å². The van der Waals surface area contributed by atoms with Crippen LogP contribution in [0.25, 0.3) is 11.1 Å². The van der Waals surface area contributed by atoms with Crippen molar-refractivity contribution in [3.8, 4) is 11.1 Å². The number of carbonyl (C=O) groups excluding carboxylic acids is 1. The second-order valence-corrected chi connectivity index (χ2v) is 7.85. The first kappa shape index (κ1) is 18.4. The van der Waals surface area contributed by atoms with E-state index in [0.717, 1.165) is 6.42 Å². The van der Waals surface area contributed by atoms with Gasteiger partial charge >= 0.3 is 0 Å². The van der Waals surface area contributed by atoms with Crippen molar-refractivity contribution < 1.29 is 14.2 Å². The SMILES string of the molecule is CS(=O)C(C)(CCCc1ccc(-c2ccccc2)cc1)C(=O)NO. The summed E-state index contributed by atoms with van der Waals surface area (Å²) in [5.41, 5.74) is 5.14. The van der Waals surface area contributed by atoms with Gasteiger partial charge in [0.2, 0.25) is 0 Å². The zero-order valence-corrected chi connectivity index (χ0v) is 14.8. The van der Waals surface area contributed by atoms with Gasteiger partial charge < -0.3 is 0 Å². The van der Waals surface area contributed by atoms with Crippen LogP contribution in [0.1, 0.15) is 25.3 Å². The Bertz CT molecular complexity index is 700. The first-order valence-electron chi connectivity index (χ1n) is 7.90. The molecule has 0 saturated heterocycles. The molecule has 2 atom stereocenters. The lowest BCUT2D eigenvalue weighted by atomic mass is 9.98. The quantitative estimate of drug-likeness (QED) is 0.597. The molecule has 2 aromatic carbocycles. The largest absolute Gasteiger partial charge is 0.289 e. The van der Waals surface area contributed by atoms with Gasteiger partial charge in [-0.1, -0.05) is 54.6 Å². The van der Waals surface area contributed by atoms with E-state index in [1.165, 1.54) is 22.9 Å². The Balaban J connectivity index is 1.97. The van der Waals surface area contributed by atoms with E-state index in [1.807, 2.05) is 18.2 Å². The molecule has 0 aliphatic carbocycles. The van der Waals surface area contributed by atoms with Gasteiger partial charge in [-0.15, -0.1) is 0 Å². The Labute approximate surface area is 145 Å². The van der Waals surface area contributed by atoms with E-state index in [0.29, 0.717) is 12.8 Å². The summed E-state index contributed by atoms with van der Waals surface area (Å²) < 4.78 is 10.8. The first-order valence-corrected chi connectivity index (χ1v) is 9.45. The molecule has 2 unspecified atom stereocenters. The molecule has 24 heavy (non-hydrogen) atoms. The normalized spacial score (nSPS) is 14.6. The van der Waals surface area contributed by atoms with Gasteiger partial charge in [0.15, 0.2) is 0 Å². The van der Waals surface area contributed by atoms with Crippen LogP contribution < -0.4 is 5.48 Å². The molecule has 2 aromatic rings. The van der Waals surface area contributed by atoms with Crippen molar-refractivity contribution in [1.82, 2.24) is 5.48 Å². The Morgan fingerprint density at radius 3 is 2.21 bits per heavy atom. The summed E-state index contributed by atoms with van der Waals surface area (Å²) in [7, 11) is -1.36. The highest BCUT2D eigenvalue weighted by Gasteiger charge is 2.36. The monoisotopic (exact) mass is 345 g/mol. The van der Waals surface area contributed by atoms with E-state index >= 15 is 0 Å². The molecule has 0 heterocycles. The number of benzene rings is 2. The van der Waals surface area contributed by atoms with Gasteiger partial charge in [0.1, 0.15) is 4.75 Å². The minimum atomic E-state index is -1.36. The second kappa shape index (κ2) is 8.22. The van der Waals surface area contributed by atoms with E-state index in [2.05, 4.69) is 36.4 Å². The maximum Gasteiger partial charge on any atom is 0.261 e. The van der Waals surface area contributed by atoms with Crippen molar-refractivity contribution in [2.75, 3.05) is 6.26 Å². The lowest BCUT2D eigenvalue weighted by Gasteiger charge is -2.24. The van der Waals surface area contributed by atoms with E-state index in [4.69, 9.17) is 5.21 Å². The minimum Gasteiger partial charge on any atom is -0.289 e. The number of carbonyl (C=O) groups is 1. The summed E-state index contributed by atoms with van der Waals surface area (Å²) in [5, 5.41) is 8.84. The van der Waals surface area contributed by atoms with Crippen LogP contribution in [-0.2, 0) is 22.0 Å². The van der Waals surface area contributed by atoms with Crippen molar-refractivity contribution in [3.05, 3.63) is 60.2 Å².